The second-order valence-corrected chi connectivity index (χ2v) is 1.42. The molecule has 0 rings (SSSR count). The van der Waals surface area contributed by atoms with Gasteiger partial charge in [0.1, 0.15) is 11.1 Å². The molecule has 0 bridgehead atoms. The lowest BCUT2D eigenvalue weighted by molar-refractivity contribution is 0.268. The maximum absolute atomic E-state index is 9.48. The van der Waals surface area contributed by atoms with Crippen LogP contribution in [-0.2, 0) is 11.1 Å². The average molecular weight is 120 g/mol. The van der Waals surface area contributed by atoms with Crippen molar-refractivity contribution in [1.82, 2.24) is 0 Å². The third-order valence-electron chi connectivity index (χ3n) is 0.224. The van der Waals surface area contributed by atoms with Crippen molar-refractivity contribution in [1.29, 1.82) is 5.39 Å². The molecule has 1 unspecified atom stereocenters. The molecule has 0 saturated heterocycles. The van der Waals surface area contributed by atoms with Gasteiger partial charge < -0.3 is 4.55 Å². The Labute approximate surface area is 41.2 Å². The highest BCUT2D eigenvalue weighted by molar-refractivity contribution is 7.95. The molecule has 0 saturated carbocycles. The molecule has 1 atom stereocenters. The van der Waals surface area contributed by atoms with Crippen LogP contribution in [0.25, 0.3) is 4.98 Å². The minimum Gasteiger partial charge on any atom is -0.760 e. The molecule has 0 aromatic rings. The highest BCUT2D eigenvalue weighted by atomic mass is 32.2. The van der Waals surface area contributed by atoms with Gasteiger partial charge in [0.05, 0.1) is 0 Å². The fourth-order valence-electron chi connectivity index (χ4n) is 0.0333. The van der Waals surface area contributed by atoms with Gasteiger partial charge >= 0.3 is 5.24 Å². The number of carbonyl (C=O) groups is 1. The van der Waals surface area contributed by atoms with Crippen molar-refractivity contribution in [2.45, 2.75) is 0 Å². The highest BCUT2D eigenvalue weighted by Crippen LogP contribution is 1.79. The van der Waals surface area contributed by atoms with E-state index in [1.165, 1.54) is 0 Å². The van der Waals surface area contributed by atoms with Crippen LogP contribution >= 0.6 is 0 Å². The zero-order valence-electron chi connectivity index (χ0n) is 3.03. The standard InChI is InChI=1S/CN2O3S/c2-3-1(4)7(5)6. The molecule has 38 valence electrons. The van der Waals surface area contributed by atoms with E-state index in [4.69, 9.17) is 5.39 Å². The number of amides is 1. The number of carbonyl (C=O) groups excluding carboxylic acids is 1. The van der Waals surface area contributed by atoms with Gasteiger partial charge in [0.15, 0.2) is 0 Å². The number of hydrogen-bond acceptors (Lipinski definition) is 4. The molecule has 0 radical (unpaired) electrons. The summed E-state index contributed by atoms with van der Waals surface area (Å²) in [5, 5.41) is 5.83. The van der Waals surface area contributed by atoms with Gasteiger partial charge in [0, 0.05) is 0 Å². The van der Waals surface area contributed by atoms with Crippen LogP contribution in [-0.4, -0.2) is 14.0 Å². The summed E-state index contributed by atoms with van der Waals surface area (Å²) in [6.45, 7) is 0. The Kier molecular flexibility index (Phi) is 2.11. The van der Waals surface area contributed by atoms with E-state index in [0.29, 0.717) is 0 Å². The van der Waals surface area contributed by atoms with E-state index in [9.17, 15) is 13.6 Å². The van der Waals surface area contributed by atoms with Gasteiger partial charge in [-0.3, -0.25) is 4.21 Å². The summed E-state index contributed by atoms with van der Waals surface area (Å²) < 4.78 is 18.7. The Balaban J connectivity index is 3.90. The SMILES string of the molecule is N#[N+]C(=O)S(=O)[O-]. The summed E-state index contributed by atoms with van der Waals surface area (Å²) in [4.78, 5) is 11.3. The molecule has 0 heterocycles. The summed E-state index contributed by atoms with van der Waals surface area (Å²) in [5.41, 5.74) is 0. The number of diazo groups is 1. The first kappa shape index (κ1) is 6.20. The molecule has 0 aromatic carbocycles. The normalized spacial score (nSPS) is 12.0. The first-order chi connectivity index (χ1) is 3.18. The van der Waals surface area contributed by atoms with Crippen molar-refractivity contribution in [2.75, 3.05) is 0 Å². The van der Waals surface area contributed by atoms with E-state index in [1.807, 2.05) is 4.98 Å². The van der Waals surface area contributed by atoms with Gasteiger partial charge in [0.25, 0.3) is 0 Å². The van der Waals surface area contributed by atoms with E-state index >= 15 is 0 Å². The van der Waals surface area contributed by atoms with Crippen molar-refractivity contribution >= 4 is 16.3 Å². The lowest BCUT2D eigenvalue weighted by Gasteiger charge is -1.80. The fraction of sp³-hybridized carbons (Fsp3) is 0. The molecular weight excluding hydrogens is 120 g/mol. The summed E-state index contributed by atoms with van der Waals surface area (Å²) in [6, 6.07) is 0. The molecule has 0 fully saturated rings. The van der Waals surface area contributed by atoms with E-state index in [0.717, 1.165) is 0 Å². The third-order valence-corrected chi connectivity index (χ3v) is 0.591. The lowest BCUT2D eigenvalue weighted by Crippen LogP contribution is -1.95. The molecule has 6 heteroatoms. The van der Waals surface area contributed by atoms with Crippen molar-refractivity contribution < 1.29 is 13.6 Å². The second kappa shape index (κ2) is 2.39. The summed E-state index contributed by atoms with van der Waals surface area (Å²) in [7, 11) is 0. The van der Waals surface area contributed by atoms with Gasteiger partial charge in [-0.2, -0.15) is 4.79 Å². The van der Waals surface area contributed by atoms with E-state index in [-0.39, 0.29) is 0 Å². The Morgan fingerprint density at radius 1 is 1.86 bits per heavy atom. The van der Waals surface area contributed by atoms with E-state index < -0.39 is 16.3 Å². The smallest absolute Gasteiger partial charge is 0.639 e. The van der Waals surface area contributed by atoms with Crippen LogP contribution in [0.1, 0.15) is 0 Å². The quantitative estimate of drug-likeness (QED) is 0.328. The topological polar surface area (TPSA) is 85.3 Å². The van der Waals surface area contributed by atoms with E-state index in [1.54, 1.807) is 0 Å². The van der Waals surface area contributed by atoms with Crippen LogP contribution in [0.5, 0.6) is 0 Å². The predicted molar refractivity (Wildman–Crippen MR) is 19.4 cm³/mol. The maximum atomic E-state index is 9.48. The molecule has 0 aromatic heterocycles. The van der Waals surface area contributed by atoms with Crippen LogP contribution in [0.2, 0.25) is 0 Å². The summed E-state index contributed by atoms with van der Waals surface area (Å²) in [6.07, 6.45) is 0. The highest BCUT2D eigenvalue weighted by Gasteiger charge is 2.13. The van der Waals surface area contributed by atoms with Crippen molar-refractivity contribution in [3.63, 3.8) is 0 Å². The third kappa shape index (κ3) is 1.97. The van der Waals surface area contributed by atoms with Gasteiger partial charge in [-0.05, 0) is 0 Å². The van der Waals surface area contributed by atoms with Gasteiger partial charge in [-0.25, -0.2) is 0 Å². The van der Waals surface area contributed by atoms with Crippen molar-refractivity contribution in [3.05, 3.63) is 4.98 Å². The Morgan fingerprint density at radius 2 is 2.29 bits per heavy atom. The van der Waals surface area contributed by atoms with Crippen LogP contribution in [0.15, 0.2) is 0 Å². The van der Waals surface area contributed by atoms with E-state index in [2.05, 4.69) is 0 Å². The van der Waals surface area contributed by atoms with Crippen LogP contribution in [0.3, 0.4) is 0 Å². The Bertz CT molecular complexity index is 146. The lowest BCUT2D eigenvalue weighted by atomic mass is 11.4. The zero-order valence-corrected chi connectivity index (χ0v) is 3.84. The Morgan fingerprint density at radius 3 is 2.29 bits per heavy atom. The Hall–Kier alpha value is -0.800. The average Bonchev–Trinajstić information content (AvgIpc) is 1.65. The zero-order chi connectivity index (χ0) is 5.86. The van der Waals surface area contributed by atoms with Crippen LogP contribution < -0.4 is 0 Å². The first-order valence-electron chi connectivity index (χ1n) is 1.17. The van der Waals surface area contributed by atoms with Crippen molar-refractivity contribution in [3.8, 4) is 0 Å². The molecule has 7 heavy (non-hydrogen) atoms. The summed E-state index contributed by atoms with van der Waals surface area (Å²) in [5.74, 6) is 0. The molecule has 0 N–H and O–H groups in total. The number of nitrogens with zero attached hydrogens (tertiary/aromatic N) is 2. The predicted octanol–water partition coefficient (Wildman–Crippen LogP) is -0.161. The molecule has 5 nitrogen and oxygen atoms in total. The van der Waals surface area contributed by atoms with Gasteiger partial charge in [0.2, 0.25) is 10.4 Å². The molecule has 0 aliphatic rings. The molecular formula is CN2O3S. The second-order valence-electron chi connectivity index (χ2n) is 0.601. The largest absolute Gasteiger partial charge is 0.760 e. The van der Waals surface area contributed by atoms with Crippen LogP contribution in [0.4, 0.5) is 4.79 Å². The monoisotopic (exact) mass is 120 g/mol. The number of hydrogen-bond donors (Lipinski definition) is 0. The fourth-order valence-corrected chi connectivity index (χ4v) is 0.100. The van der Waals surface area contributed by atoms with Gasteiger partial charge in [-0.1, -0.05) is 0 Å². The van der Waals surface area contributed by atoms with Crippen molar-refractivity contribution in [2.24, 2.45) is 0 Å². The summed E-state index contributed by atoms with van der Waals surface area (Å²) >= 11 is -2.92. The number of rotatable bonds is 0. The minimum absolute atomic E-state index is 1.56. The van der Waals surface area contributed by atoms with Gasteiger partial charge in [-0.15, -0.1) is 0 Å². The minimum atomic E-state index is -2.92. The molecule has 0 aliphatic heterocycles. The molecule has 1 amide bonds. The molecule has 0 aliphatic carbocycles. The van der Waals surface area contributed by atoms with Crippen LogP contribution in [0, 0.1) is 5.39 Å². The maximum Gasteiger partial charge on any atom is 0.639 e. The molecule has 0 spiro atoms. The first-order valence-corrected chi connectivity index (χ1v) is 2.24.